The molecule has 1 atom stereocenters. The number of ether oxygens (including phenoxy) is 1. The van der Waals surface area contributed by atoms with Crippen LogP contribution in [-0.4, -0.2) is 52.3 Å². The molecule has 29 heavy (non-hydrogen) atoms. The number of anilines is 1. The first-order valence-corrected chi connectivity index (χ1v) is 11.0. The molecular weight excluding hydrogens is 368 g/mol. The third kappa shape index (κ3) is 3.39. The summed E-state index contributed by atoms with van der Waals surface area (Å²) in [5, 5.41) is 10.9. The van der Waals surface area contributed by atoms with Crippen LogP contribution in [0.25, 0.3) is 11.0 Å². The Morgan fingerprint density at radius 1 is 1.24 bits per heavy atom. The van der Waals surface area contributed by atoms with E-state index in [1.165, 1.54) is 6.42 Å². The van der Waals surface area contributed by atoms with Gasteiger partial charge in [0.25, 0.3) is 0 Å². The number of esters is 1. The second kappa shape index (κ2) is 7.27. The maximum absolute atomic E-state index is 13.0. The molecule has 0 radical (unpaired) electrons. The highest BCUT2D eigenvalue weighted by Crippen LogP contribution is 2.56. The molecule has 3 fully saturated rings. The summed E-state index contributed by atoms with van der Waals surface area (Å²) >= 11 is 0. The number of nitrogens with zero attached hydrogens (tertiary/aromatic N) is 3. The molecule has 2 saturated carbocycles. The predicted octanol–water partition coefficient (Wildman–Crippen LogP) is 3.05. The summed E-state index contributed by atoms with van der Waals surface area (Å²) in [4.78, 5) is 27.3. The van der Waals surface area contributed by atoms with Crippen molar-refractivity contribution in [2.24, 2.45) is 16.7 Å². The summed E-state index contributed by atoms with van der Waals surface area (Å²) in [7, 11) is 0. The quantitative estimate of drug-likeness (QED) is 0.752. The van der Waals surface area contributed by atoms with Crippen LogP contribution in [0.4, 0.5) is 5.82 Å². The molecule has 0 amide bonds. The van der Waals surface area contributed by atoms with Crippen LogP contribution in [0, 0.1) is 16.7 Å². The Bertz CT molecular complexity index is 885. The number of carbonyl (C=O) groups is 1. The fourth-order valence-electron chi connectivity index (χ4n) is 5.46. The number of fused-ring (bicyclic) bond motifs is 1. The van der Waals surface area contributed by atoms with Gasteiger partial charge in [-0.1, -0.05) is 19.3 Å². The number of aromatic nitrogens is 3. The van der Waals surface area contributed by atoms with Gasteiger partial charge in [0.1, 0.15) is 17.8 Å². The molecule has 1 saturated heterocycles. The van der Waals surface area contributed by atoms with Gasteiger partial charge in [-0.15, -0.1) is 0 Å². The zero-order chi connectivity index (χ0) is 19.9. The minimum absolute atomic E-state index is 0.0157. The molecule has 7 nitrogen and oxygen atoms in total. The summed E-state index contributed by atoms with van der Waals surface area (Å²) in [5.74, 6) is 0.854. The summed E-state index contributed by atoms with van der Waals surface area (Å²) in [6.45, 7) is 2.12. The van der Waals surface area contributed by atoms with E-state index in [1.54, 1.807) is 6.33 Å². The first-order valence-electron chi connectivity index (χ1n) is 11.0. The zero-order valence-corrected chi connectivity index (χ0v) is 16.9. The smallest absolute Gasteiger partial charge is 0.309 e. The Hall–Kier alpha value is -2.15. The third-order valence-electron chi connectivity index (χ3n) is 7.51. The fourth-order valence-corrected chi connectivity index (χ4v) is 5.46. The number of H-pyrrole nitrogens is 1. The Morgan fingerprint density at radius 2 is 2.07 bits per heavy atom. The van der Waals surface area contributed by atoms with E-state index in [9.17, 15) is 9.90 Å². The second-order valence-electron chi connectivity index (χ2n) is 9.39. The first-order chi connectivity index (χ1) is 14.1. The van der Waals surface area contributed by atoms with Crippen LogP contribution < -0.4 is 4.90 Å². The number of nitrogens with one attached hydrogen (secondary N) is 1. The summed E-state index contributed by atoms with van der Waals surface area (Å²) in [5.41, 5.74) is 0.650. The van der Waals surface area contributed by atoms with Crippen molar-refractivity contribution in [2.75, 3.05) is 31.2 Å². The number of piperidine rings is 1. The zero-order valence-electron chi connectivity index (χ0n) is 16.9. The lowest BCUT2D eigenvalue weighted by Crippen LogP contribution is -2.46. The molecule has 2 aliphatic carbocycles. The van der Waals surface area contributed by atoms with E-state index in [4.69, 9.17) is 4.74 Å². The maximum atomic E-state index is 13.0. The molecule has 156 valence electrons. The van der Waals surface area contributed by atoms with Gasteiger partial charge in [0, 0.05) is 30.1 Å². The molecule has 0 aromatic carbocycles. The molecule has 2 aromatic rings. The average Bonchev–Trinajstić information content (AvgIpc) is 3.34. The predicted molar refractivity (Wildman–Crippen MR) is 109 cm³/mol. The van der Waals surface area contributed by atoms with Gasteiger partial charge in [-0.25, -0.2) is 9.97 Å². The van der Waals surface area contributed by atoms with Crippen LogP contribution in [-0.2, 0) is 9.53 Å². The lowest BCUT2D eigenvalue weighted by molar-refractivity contribution is -0.157. The monoisotopic (exact) mass is 398 g/mol. The molecular formula is C22H30N4O3. The number of hydrogen-bond donors (Lipinski definition) is 2. The maximum Gasteiger partial charge on any atom is 0.309 e. The van der Waals surface area contributed by atoms with Crippen molar-refractivity contribution in [3.05, 3.63) is 18.6 Å². The van der Waals surface area contributed by atoms with E-state index in [1.807, 2.05) is 12.3 Å². The van der Waals surface area contributed by atoms with Crippen LogP contribution in [0.5, 0.6) is 0 Å². The fraction of sp³-hybridized carbons (Fsp3) is 0.682. The van der Waals surface area contributed by atoms with E-state index in [2.05, 4.69) is 19.9 Å². The van der Waals surface area contributed by atoms with Crippen molar-refractivity contribution >= 4 is 22.8 Å². The molecule has 0 unspecified atom stereocenters. The highest BCUT2D eigenvalue weighted by atomic mass is 16.5. The van der Waals surface area contributed by atoms with E-state index in [0.717, 1.165) is 74.9 Å². The van der Waals surface area contributed by atoms with Gasteiger partial charge in [-0.05, 0) is 38.2 Å². The number of hydrogen-bond acceptors (Lipinski definition) is 6. The SMILES string of the molecule is O=C(OCC1(CO)CCCCC1)[C@@H]1CCN(c2ncnc3[nH]ccc23)CC12CC2. The molecule has 1 aliphatic heterocycles. The summed E-state index contributed by atoms with van der Waals surface area (Å²) in [6.07, 6.45) is 11.8. The Kier molecular flexibility index (Phi) is 4.73. The lowest BCUT2D eigenvalue weighted by atomic mass is 9.75. The molecule has 3 heterocycles. The molecule has 2 N–H and O–H groups in total. The average molecular weight is 399 g/mol. The van der Waals surface area contributed by atoms with Crippen molar-refractivity contribution in [2.45, 2.75) is 51.4 Å². The highest BCUT2D eigenvalue weighted by molar-refractivity contribution is 5.87. The number of aromatic amines is 1. The Labute approximate surface area is 170 Å². The lowest BCUT2D eigenvalue weighted by Gasteiger charge is -2.40. The number of aliphatic hydroxyl groups is 1. The van der Waals surface area contributed by atoms with Crippen LogP contribution in [0.1, 0.15) is 51.4 Å². The normalized spacial score (nSPS) is 25.3. The Morgan fingerprint density at radius 3 is 2.83 bits per heavy atom. The molecule has 2 aromatic heterocycles. The standard InChI is InChI=1S/C22H30N4O3/c27-13-21(6-2-1-3-7-21)14-29-20(28)17-5-11-26(12-22(17)8-9-22)19-16-4-10-23-18(16)24-15-25-19/h4,10,15,17,27H,1-3,5-9,11-14H2,(H,23,24,25)/t17-/m0/s1. The largest absolute Gasteiger partial charge is 0.465 e. The van der Waals surface area contributed by atoms with Gasteiger partial charge in [0.15, 0.2) is 0 Å². The van der Waals surface area contributed by atoms with Crippen LogP contribution in [0.2, 0.25) is 0 Å². The van der Waals surface area contributed by atoms with Crippen molar-refractivity contribution in [1.29, 1.82) is 0 Å². The van der Waals surface area contributed by atoms with E-state index >= 15 is 0 Å². The Balaban J connectivity index is 1.26. The number of rotatable bonds is 5. The topological polar surface area (TPSA) is 91.3 Å². The highest BCUT2D eigenvalue weighted by Gasteiger charge is 2.56. The van der Waals surface area contributed by atoms with E-state index in [0.29, 0.717) is 6.61 Å². The van der Waals surface area contributed by atoms with Gasteiger partial charge < -0.3 is 19.7 Å². The first kappa shape index (κ1) is 18.9. The second-order valence-corrected chi connectivity index (χ2v) is 9.39. The summed E-state index contributed by atoms with van der Waals surface area (Å²) < 4.78 is 5.84. The van der Waals surface area contributed by atoms with Crippen LogP contribution in [0.15, 0.2) is 18.6 Å². The molecule has 0 bridgehead atoms. The van der Waals surface area contributed by atoms with Gasteiger partial charge in [0.05, 0.1) is 24.5 Å². The van der Waals surface area contributed by atoms with Crippen molar-refractivity contribution < 1.29 is 14.6 Å². The summed E-state index contributed by atoms with van der Waals surface area (Å²) in [6, 6.07) is 2.02. The number of aliphatic hydroxyl groups excluding tert-OH is 1. The third-order valence-corrected chi connectivity index (χ3v) is 7.51. The van der Waals surface area contributed by atoms with Gasteiger partial charge >= 0.3 is 5.97 Å². The van der Waals surface area contributed by atoms with Crippen LogP contribution >= 0.6 is 0 Å². The molecule has 7 heteroatoms. The van der Waals surface area contributed by atoms with Gasteiger partial charge in [0.2, 0.25) is 0 Å². The minimum Gasteiger partial charge on any atom is -0.465 e. The number of carbonyl (C=O) groups excluding carboxylic acids is 1. The van der Waals surface area contributed by atoms with Crippen molar-refractivity contribution in [1.82, 2.24) is 15.0 Å². The van der Waals surface area contributed by atoms with Crippen molar-refractivity contribution in [3.8, 4) is 0 Å². The van der Waals surface area contributed by atoms with Gasteiger partial charge in [-0.3, -0.25) is 4.79 Å². The van der Waals surface area contributed by atoms with E-state index in [-0.39, 0.29) is 29.3 Å². The molecule has 5 rings (SSSR count). The van der Waals surface area contributed by atoms with E-state index < -0.39 is 0 Å². The van der Waals surface area contributed by atoms with Crippen molar-refractivity contribution in [3.63, 3.8) is 0 Å². The van der Waals surface area contributed by atoms with Crippen LogP contribution in [0.3, 0.4) is 0 Å². The minimum atomic E-state index is -0.216. The molecule has 3 aliphatic rings. The van der Waals surface area contributed by atoms with Gasteiger partial charge in [-0.2, -0.15) is 0 Å². The molecule has 1 spiro atoms.